The quantitative estimate of drug-likeness (QED) is 0.247. The molecule has 2 aromatic heterocycles. The molecule has 2 heterocycles. The van der Waals surface area contributed by atoms with Gasteiger partial charge in [-0.1, -0.05) is 12.1 Å². The molecule has 0 atom stereocenters. The molecule has 0 aliphatic heterocycles. The van der Waals surface area contributed by atoms with Crippen molar-refractivity contribution in [3.63, 3.8) is 0 Å². The number of fused-ring (bicyclic) bond motifs is 1. The van der Waals surface area contributed by atoms with Crippen molar-refractivity contribution in [1.82, 2.24) is 14.8 Å². The number of carboxylic acid groups (broad SMARTS) is 1. The Labute approximate surface area is 217 Å². The van der Waals surface area contributed by atoms with Crippen molar-refractivity contribution in [3.05, 3.63) is 76.2 Å². The van der Waals surface area contributed by atoms with E-state index in [1.807, 2.05) is 31.3 Å². The van der Waals surface area contributed by atoms with Crippen LogP contribution in [0.3, 0.4) is 0 Å². The Kier molecular flexibility index (Phi) is 7.74. The summed E-state index contributed by atoms with van der Waals surface area (Å²) in [6.45, 7) is 0. The van der Waals surface area contributed by atoms with E-state index in [2.05, 4.69) is 5.10 Å². The van der Waals surface area contributed by atoms with Crippen molar-refractivity contribution in [3.8, 4) is 28.5 Å². The van der Waals surface area contributed by atoms with Gasteiger partial charge in [-0.05, 0) is 61.6 Å². The van der Waals surface area contributed by atoms with E-state index in [1.54, 1.807) is 23.0 Å². The number of hydrogen-bond acceptors (Lipinski definition) is 7. The molecule has 4 aromatic rings. The van der Waals surface area contributed by atoms with Crippen LogP contribution in [0.25, 0.3) is 33.3 Å². The number of rotatable bonds is 4. The van der Waals surface area contributed by atoms with Gasteiger partial charge in [-0.3, -0.25) is 9.67 Å². The highest BCUT2D eigenvalue weighted by Gasteiger charge is 2.27. The maximum absolute atomic E-state index is 14.6. The molecule has 38 heavy (non-hydrogen) atoms. The summed E-state index contributed by atoms with van der Waals surface area (Å²) in [5, 5.41) is 32.4. The normalized spacial score (nSPS) is 16.8. The average Bonchev–Trinajstić information content (AvgIpc) is 3.28. The summed E-state index contributed by atoms with van der Waals surface area (Å²) in [7, 11) is 1.84. The molecule has 5 rings (SSSR count). The Morgan fingerprint density at radius 1 is 1.16 bits per heavy atom. The third kappa shape index (κ3) is 5.21. The van der Waals surface area contributed by atoms with Gasteiger partial charge < -0.3 is 16.0 Å². The van der Waals surface area contributed by atoms with Gasteiger partial charge in [0.2, 0.25) is 0 Å². The van der Waals surface area contributed by atoms with Crippen LogP contribution >= 0.6 is 0 Å². The number of nitrogens with two attached hydrogens (primary N) is 1. The number of aromatic nitrogens is 3. The largest absolute Gasteiger partial charge is 0.478 e. The van der Waals surface area contributed by atoms with E-state index < -0.39 is 11.8 Å². The number of benzene rings is 2. The zero-order chi connectivity index (χ0) is 27.4. The maximum Gasteiger partial charge on any atom is 0.336 e. The van der Waals surface area contributed by atoms with Crippen molar-refractivity contribution >= 4 is 16.9 Å². The SMILES string of the molecule is Cn1ncc2cc(-c3c(C(=O)O)cc(C4CCC(N)CC4)nc3-c3ccc(C#N)c(F)c3)ccc21.O=NO. The molecular formula is C27H25FN6O4. The van der Waals surface area contributed by atoms with Gasteiger partial charge in [-0.2, -0.15) is 10.4 Å². The molecular weight excluding hydrogens is 491 g/mol. The van der Waals surface area contributed by atoms with E-state index in [-0.39, 0.29) is 23.1 Å². The van der Waals surface area contributed by atoms with Gasteiger partial charge in [0.05, 0.1) is 28.5 Å². The second-order valence-electron chi connectivity index (χ2n) is 9.16. The molecule has 194 valence electrons. The highest BCUT2D eigenvalue weighted by Crippen LogP contribution is 2.40. The summed E-state index contributed by atoms with van der Waals surface area (Å²) in [5.41, 5.74) is 9.51. The first-order valence-corrected chi connectivity index (χ1v) is 11.9. The first kappa shape index (κ1) is 26.4. The monoisotopic (exact) mass is 516 g/mol. The van der Waals surface area contributed by atoms with E-state index >= 15 is 0 Å². The van der Waals surface area contributed by atoms with E-state index in [0.29, 0.717) is 28.1 Å². The Balaban J connectivity index is 0.00000107. The lowest BCUT2D eigenvalue weighted by Gasteiger charge is -2.27. The number of carbonyl (C=O) groups is 1. The number of pyridine rings is 1. The molecule has 1 fully saturated rings. The number of nitriles is 1. The molecule has 2 aromatic carbocycles. The standard InChI is InChI=1S/C27H24FN5O2.HNO2/c1-33-24-9-6-16(10-19(24)14-31-33)25-21(27(34)35)12-23(15-4-7-20(30)8-5-15)32-26(25)17-2-3-18(13-29)22(28)11-17;2-1-3/h2-3,6,9-12,14-15,20H,4-5,7-8,30H2,1H3,(H,34,35);(H,2,3). The molecule has 1 saturated carbocycles. The summed E-state index contributed by atoms with van der Waals surface area (Å²) in [6.07, 6.45) is 5.03. The van der Waals surface area contributed by atoms with Crippen molar-refractivity contribution in [2.45, 2.75) is 37.6 Å². The predicted molar refractivity (Wildman–Crippen MR) is 138 cm³/mol. The Morgan fingerprint density at radius 2 is 1.84 bits per heavy atom. The fourth-order valence-electron chi connectivity index (χ4n) is 4.93. The van der Waals surface area contributed by atoms with E-state index in [4.69, 9.17) is 26.1 Å². The highest BCUT2D eigenvalue weighted by molar-refractivity contribution is 6.02. The molecule has 0 spiro atoms. The molecule has 1 aliphatic rings. The smallest absolute Gasteiger partial charge is 0.336 e. The molecule has 0 radical (unpaired) electrons. The zero-order valence-electron chi connectivity index (χ0n) is 20.5. The van der Waals surface area contributed by atoms with Gasteiger partial charge in [-0.15, -0.1) is 4.91 Å². The Bertz CT molecular complexity index is 1550. The van der Waals surface area contributed by atoms with Crippen molar-refractivity contribution in [2.75, 3.05) is 0 Å². The van der Waals surface area contributed by atoms with Crippen LogP contribution in [0.5, 0.6) is 0 Å². The summed E-state index contributed by atoms with van der Waals surface area (Å²) in [6, 6.07) is 13.5. The first-order valence-electron chi connectivity index (χ1n) is 11.9. The third-order valence-corrected chi connectivity index (χ3v) is 6.86. The number of aromatic carboxylic acids is 1. The topological polar surface area (TPSA) is 167 Å². The van der Waals surface area contributed by atoms with Gasteiger partial charge in [0.25, 0.3) is 0 Å². The minimum atomic E-state index is -1.09. The van der Waals surface area contributed by atoms with E-state index in [9.17, 15) is 14.3 Å². The second-order valence-corrected chi connectivity index (χ2v) is 9.16. The second kappa shape index (κ2) is 11.1. The van der Waals surface area contributed by atoms with Crippen LogP contribution in [0.4, 0.5) is 4.39 Å². The summed E-state index contributed by atoms with van der Waals surface area (Å²) < 4.78 is 16.4. The van der Waals surface area contributed by atoms with Crippen LogP contribution in [-0.2, 0) is 7.05 Å². The third-order valence-electron chi connectivity index (χ3n) is 6.86. The van der Waals surface area contributed by atoms with Gasteiger partial charge in [0, 0.05) is 41.2 Å². The summed E-state index contributed by atoms with van der Waals surface area (Å²) >= 11 is 0. The van der Waals surface area contributed by atoms with E-state index in [0.717, 1.165) is 36.6 Å². The lowest BCUT2D eigenvalue weighted by atomic mass is 9.82. The molecule has 0 unspecified atom stereocenters. The molecule has 0 bridgehead atoms. The van der Waals surface area contributed by atoms with Crippen LogP contribution in [0, 0.1) is 22.1 Å². The van der Waals surface area contributed by atoms with Gasteiger partial charge in [-0.25, -0.2) is 9.18 Å². The average molecular weight is 517 g/mol. The molecule has 10 nitrogen and oxygen atoms in total. The number of hydrogen-bond donors (Lipinski definition) is 3. The number of aryl methyl sites for hydroxylation is 1. The number of carboxylic acids is 1. The fourth-order valence-corrected chi connectivity index (χ4v) is 4.93. The minimum absolute atomic E-state index is 0.0738. The highest BCUT2D eigenvalue weighted by atomic mass is 19.1. The summed E-state index contributed by atoms with van der Waals surface area (Å²) in [5.74, 6) is -1.69. The van der Waals surface area contributed by atoms with Gasteiger partial charge in [0.1, 0.15) is 11.9 Å². The van der Waals surface area contributed by atoms with Crippen molar-refractivity contribution in [1.29, 1.82) is 5.26 Å². The number of halogens is 1. The van der Waals surface area contributed by atoms with Gasteiger partial charge in [0.15, 0.2) is 5.34 Å². The van der Waals surface area contributed by atoms with Crippen molar-refractivity contribution < 1.29 is 19.5 Å². The molecule has 1 aliphatic carbocycles. The van der Waals surface area contributed by atoms with Gasteiger partial charge >= 0.3 is 5.97 Å². The Morgan fingerprint density at radius 3 is 2.47 bits per heavy atom. The van der Waals surface area contributed by atoms with Crippen LogP contribution in [0.15, 0.2) is 54.0 Å². The van der Waals surface area contributed by atoms with Crippen LogP contribution in [0.2, 0.25) is 0 Å². The zero-order valence-corrected chi connectivity index (χ0v) is 20.5. The lowest BCUT2D eigenvalue weighted by Crippen LogP contribution is -2.26. The van der Waals surface area contributed by atoms with E-state index in [1.165, 1.54) is 17.5 Å². The number of nitrogens with zero attached hydrogens (tertiary/aromatic N) is 5. The molecule has 4 N–H and O–H groups in total. The maximum atomic E-state index is 14.6. The molecule has 0 saturated heterocycles. The lowest BCUT2D eigenvalue weighted by molar-refractivity contribution is 0.0697. The van der Waals surface area contributed by atoms with Crippen molar-refractivity contribution in [2.24, 2.45) is 18.1 Å². The molecule has 0 amide bonds. The van der Waals surface area contributed by atoms with Crippen LogP contribution in [0.1, 0.15) is 53.2 Å². The van der Waals surface area contributed by atoms with Crippen LogP contribution < -0.4 is 5.73 Å². The summed E-state index contributed by atoms with van der Waals surface area (Å²) in [4.78, 5) is 25.5. The fraction of sp³-hybridized carbons (Fsp3) is 0.259. The Hall–Kier alpha value is -4.69. The first-order chi connectivity index (χ1) is 18.3. The minimum Gasteiger partial charge on any atom is -0.478 e. The van der Waals surface area contributed by atoms with Crippen LogP contribution in [-0.4, -0.2) is 37.1 Å². The molecule has 11 heteroatoms. The predicted octanol–water partition coefficient (Wildman–Crippen LogP) is 5.14.